The highest BCUT2D eigenvalue weighted by Gasteiger charge is 1.99. The maximum Gasteiger partial charge on any atom is 0.232 e. The minimum Gasteiger partial charge on any atom is -0.476 e. The number of aromatic nitrogens is 2. The van der Waals surface area contributed by atoms with Gasteiger partial charge in [0.05, 0.1) is 12.8 Å². The number of benzene rings is 1. The van der Waals surface area contributed by atoms with Crippen LogP contribution in [0.25, 0.3) is 0 Å². The fraction of sp³-hybridized carbons (Fsp3) is 0.167. The van der Waals surface area contributed by atoms with E-state index >= 15 is 0 Å². The maximum absolute atomic E-state index is 5.82. The van der Waals surface area contributed by atoms with Crippen LogP contribution in [0, 0.1) is 0 Å². The molecule has 0 amide bonds. The van der Waals surface area contributed by atoms with Gasteiger partial charge >= 0.3 is 0 Å². The summed E-state index contributed by atoms with van der Waals surface area (Å²) in [6.45, 7) is 0.549. The van der Waals surface area contributed by atoms with E-state index in [4.69, 9.17) is 10.5 Å². The van der Waals surface area contributed by atoms with E-state index < -0.39 is 0 Å². The Morgan fingerprint density at radius 1 is 1.19 bits per heavy atom. The normalized spacial score (nSPS) is 10.0. The molecule has 0 fully saturated rings. The second-order valence-corrected chi connectivity index (χ2v) is 3.34. The van der Waals surface area contributed by atoms with Crippen molar-refractivity contribution in [2.45, 2.75) is 6.42 Å². The maximum atomic E-state index is 5.82. The number of hydrogen-bond acceptors (Lipinski definition) is 4. The predicted octanol–water partition coefficient (Wildman–Crippen LogP) is 1.68. The van der Waals surface area contributed by atoms with Crippen LogP contribution in [0.1, 0.15) is 5.56 Å². The molecule has 0 spiro atoms. The second kappa shape index (κ2) is 5.11. The van der Waals surface area contributed by atoms with Crippen LogP contribution in [0.4, 0.5) is 5.69 Å². The standard InChI is InChI=1S/C12H13N3O/c13-11-4-2-1-3-10(11)5-8-16-12-9-14-6-7-15-12/h1-4,6-7,9H,5,8,13H2. The Hall–Kier alpha value is -2.10. The van der Waals surface area contributed by atoms with Crippen LogP contribution in [0.3, 0.4) is 0 Å². The average molecular weight is 215 g/mol. The van der Waals surface area contributed by atoms with E-state index in [-0.39, 0.29) is 0 Å². The molecule has 1 heterocycles. The van der Waals surface area contributed by atoms with Gasteiger partial charge in [-0.2, -0.15) is 0 Å². The molecule has 0 aliphatic rings. The van der Waals surface area contributed by atoms with Crippen molar-refractivity contribution in [3.05, 3.63) is 48.4 Å². The number of hydrogen-bond donors (Lipinski definition) is 1. The summed E-state index contributed by atoms with van der Waals surface area (Å²) in [5.41, 5.74) is 7.70. The monoisotopic (exact) mass is 215 g/mol. The molecule has 2 aromatic rings. The van der Waals surface area contributed by atoms with Gasteiger partial charge in [-0.05, 0) is 11.6 Å². The molecule has 1 aromatic carbocycles. The van der Waals surface area contributed by atoms with Crippen molar-refractivity contribution in [1.29, 1.82) is 0 Å². The van der Waals surface area contributed by atoms with E-state index in [1.165, 1.54) is 0 Å². The van der Waals surface area contributed by atoms with Crippen molar-refractivity contribution in [3.8, 4) is 5.88 Å². The van der Waals surface area contributed by atoms with Gasteiger partial charge in [-0.3, -0.25) is 4.98 Å². The summed E-state index contributed by atoms with van der Waals surface area (Å²) in [6.07, 6.45) is 5.58. The molecule has 0 unspecified atom stereocenters. The highest BCUT2D eigenvalue weighted by molar-refractivity contribution is 5.46. The molecule has 0 atom stereocenters. The molecule has 4 heteroatoms. The highest BCUT2D eigenvalue weighted by atomic mass is 16.5. The third-order valence-corrected chi connectivity index (χ3v) is 2.22. The van der Waals surface area contributed by atoms with Crippen LogP contribution in [-0.4, -0.2) is 16.6 Å². The lowest BCUT2D eigenvalue weighted by molar-refractivity contribution is 0.308. The van der Waals surface area contributed by atoms with Gasteiger partial charge in [0.2, 0.25) is 5.88 Å². The Morgan fingerprint density at radius 3 is 2.81 bits per heavy atom. The van der Waals surface area contributed by atoms with E-state index in [9.17, 15) is 0 Å². The summed E-state index contributed by atoms with van der Waals surface area (Å²) in [6, 6.07) is 7.77. The van der Waals surface area contributed by atoms with Crippen molar-refractivity contribution in [3.63, 3.8) is 0 Å². The van der Waals surface area contributed by atoms with Gasteiger partial charge in [-0.25, -0.2) is 4.98 Å². The van der Waals surface area contributed by atoms with Crippen molar-refractivity contribution in [2.24, 2.45) is 0 Å². The quantitative estimate of drug-likeness (QED) is 0.788. The Kier molecular flexibility index (Phi) is 3.33. The first-order valence-corrected chi connectivity index (χ1v) is 5.08. The number of rotatable bonds is 4. The van der Waals surface area contributed by atoms with Crippen LogP contribution in [-0.2, 0) is 6.42 Å². The van der Waals surface area contributed by atoms with E-state index in [1.807, 2.05) is 24.3 Å². The van der Waals surface area contributed by atoms with Crippen LogP contribution < -0.4 is 10.5 Å². The number of nitrogens with zero attached hydrogens (tertiary/aromatic N) is 2. The topological polar surface area (TPSA) is 61.0 Å². The predicted molar refractivity (Wildman–Crippen MR) is 62.1 cm³/mol. The first-order valence-electron chi connectivity index (χ1n) is 5.08. The van der Waals surface area contributed by atoms with Gasteiger partial charge in [0.15, 0.2) is 0 Å². The minimum absolute atomic E-state index is 0.539. The summed E-state index contributed by atoms with van der Waals surface area (Å²) in [7, 11) is 0. The smallest absolute Gasteiger partial charge is 0.232 e. The first kappa shape index (κ1) is 10.4. The van der Waals surface area contributed by atoms with Crippen LogP contribution >= 0.6 is 0 Å². The second-order valence-electron chi connectivity index (χ2n) is 3.34. The van der Waals surface area contributed by atoms with Crippen LogP contribution in [0.5, 0.6) is 5.88 Å². The molecule has 0 saturated carbocycles. The number of para-hydroxylation sites is 1. The molecule has 0 aliphatic heterocycles. The molecule has 0 saturated heterocycles. The largest absolute Gasteiger partial charge is 0.476 e. The lowest BCUT2D eigenvalue weighted by atomic mass is 10.1. The molecule has 16 heavy (non-hydrogen) atoms. The van der Waals surface area contributed by atoms with Crippen molar-refractivity contribution < 1.29 is 4.74 Å². The van der Waals surface area contributed by atoms with Gasteiger partial charge in [-0.15, -0.1) is 0 Å². The zero-order valence-corrected chi connectivity index (χ0v) is 8.84. The van der Waals surface area contributed by atoms with Crippen molar-refractivity contribution in [1.82, 2.24) is 9.97 Å². The van der Waals surface area contributed by atoms with Crippen LogP contribution in [0.2, 0.25) is 0 Å². The van der Waals surface area contributed by atoms with E-state index in [0.29, 0.717) is 12.5 Å². The van der Waals surface area contributed by atoms with E-state index in [2.05, 4.69) is 9.97 Å². The number of nitrogens with two attached hydrogens (primary N) is 1. The van der Waals surface area contributed by atoms with Crippen LogP contribution in [0.15, 0.2) is 42.9 Å². The van der Waals surface area contributed by atoms with E-state index in [1.54, 1.807) is 18.6 Å². The van der Waals surface area contributed by atoms with Gasteiger partial charge in [-0.1, -0.05) is 18.2 Å². The van der Waals surface area contributed by atoms with Crippen molar-refractivity contribution in [2.75, 3.05) is 12.3 Å². The Balaban J connectivity index is 1.87. The summed E-state index contributed by atoms with van der Waals surface area (Å²) in [5, 5.41) is 0. The SMILES string of the molecule is Nc1ccccc1CCOc1cnccn1. The zero-order chi connectivity index (χ0) is 11.2. The van der Waals surface area contributed by atoms with Gasteiger partial charge < -0.3 is 10.5 Å². The summed E-state index contributed by atoms with van der Waals surface area (Å²) < 4.78 is 5.44. The molecule has 82 valence electrons. The number of nitrogen functional groups attached to an aromatic ring is 1. The lowest BCUT2D eigenvalue weighted by Gasteiger charge is -2.06. The highest BCUT2D eigenvalue weighted by Crippen LogP contribution is 2.11. The van der Waals surface area contributed by atoms with E-state index in [0.717, 1.165) is 17.7 Å². The Bertz CT molecular complexity index is 445. The fourth-order valence-corrected chi connectivity index (χ4v) is 1.39. The fourth-order valence-electron chi connectivity index (χ4n) is 1.39. The van der Waals surface area contributed by atoms with Gasteiger partial charge in [0.25, 0.3) is 0 Å². The molecular formula is C12H13N3O. The molecule has 0 radical (unpaired) electrons. The first-order chi connectivity index (χ1) is 7.86. The summed E-state index contributed by atoms with van der Waals surface area (Å²) >= 11 is 0. The third kappa shape index (κ3) is 2.70. The van der Waals surface area contributed by atoms with Gasteiger partial charge in [0.1, 0.15) is 0 Å². The number of anilines is 1. The third-order valence-electron chi connectivity index (χ3n) is 2.22. The molecule has 2 N–H and O–H groups in total. The van der Waals surface area contributed by atoms with Gasteiger partial charge in [0, 0.05) is 24.5 Å². The lowest BCUT2D eigenvalue weighted by Crippen LogP contribution is -2.04. The summed E-state index contributed by atoms with van der Waals surface area (Å²) in [4.78, 5) is 7.93. The minimum atomic E-state index is 0.539. The Morgan fingerprint density at radius 2 is 2.06 bits per heavy atom. The molecule has 4 nitrogen and oxygen atoms in total. The number of ether oxygens (including phenoxy) is 1. The molecule has 2 rings (SSSR count). The average Bonchev–Trinajstić information content (AvgIpc) is 2.33. The molecule has 1 aromatic heterocycles. The summed E-state index contributed by atoms with van der Waals surface area (Å²) in [5.74, 6) is 0.539. The molecule has 0 aliphatic carbocycles. The van der Waals surface area contributed by atoms with Crippen molar-refractivity contribution >= 4 is 5.69 Å². The Labute approximate surface area is 94.1 Å². The molecule has 0 bridgehead atoms. The molecular weight excluding hydrogens is 202 g/mol. The zero-order valence-electron chi connectivity index (χ0n) is 8.84.